The Labute approximate surface area is 120 Å². The molecule has 0 heterocycles. The Balaban J connectivity index is 2.33. The molecule has 0 aliphatic rings. The second-order valence-electron chi connectivity index (χ2n) is 4.97. The lowest BCUT2D eigenvalue weighted by molar-refractivity contribution is -0.142. The van der Waals surface area contributed by atoms with Crippen molar-refractivity contribution < 1.29 is 19.4 Å². The maximum atomic E-state index is 11.3. The lowest BCUT2D eigenvalue weighted by Crippen LogP contribution is -2.19. The lowest BCUT2D eigenvalue weighted by atomic mass is 9.96. The summed E-state index contributed by atoms with van der Waals surface area (Å²) < 4.78 is 10.4. The third kappa shape index (κ3) is 6.68. The van der Waals surface area contributed by atoms with E-state index in [0.717, 1.165) is 12.0 Å². The second kappa shape index (κ2) is 9.50. The number of aliphatic carboxylic acids is 1. The van der Waals surface area contributed by atoms with Crippen molar-refractivity contribution in [3.63, 3.8) is 0 Å². The van der Waals surface area contributed by atoms with Gasteiger partial charge < -0.3 is 14.6 Å². The molecule has 0 aliphatic heterocycles. The van der Waals surface area contributed by atoms with E-state index in [9.17, 15) is 9.90 Å². The first kappa shape index (κ1) is 16.7. The average Bonchev–Trinajstić information content (AvgIpc) is 2.43. The van der Waals surface area contributed by atoms with Crippen molar-refractivity contribution in [2.45, 2.75) is 26.2 Å². The fourth-order valence-corrected chi connectivity index (χ4v) is 1.95. The number of methoxy groups -OCH3 is 1. The minimum absolute atomic E-state index is 0.389. The van der Waals surface area contributed by atoms with Crippen LogP contribution in [0.15, 0.2) is 24.3 Å². The molecular formula is C16H24O4. The molecular weight excluding hydrogens is 256 g/mol. The summed E-state index contributed by atoms with van der Waals surface area (Å²) in [5.74, 6) is -1.15. The molecule has 4 heteroatoms. The van der Waals surface area contributed by atoms with Crippen molar-refractivity contribution in [1.82, 2.24) is 0 Å². The lowest BCUT2D eigenvalue weighted by Gasteiger charge is -2.13. The van der Waals surface area contributed by atoms with Crippen LogP contribution in [0.5, 0.6) is 0 Å². The Morgan fingerprint density at radius 1 is 1.20 bits per heavy atom. The summed E-state index contributed by atoms with van der Waals surface area (Å²) in [6.45, 7) is 3.79. The SMILES string of the molecule is COCCCOCCC(Cc1ccc(C)cc1)C(=O)O. The standard InChI is InChI=1S/C16H24O4/c1-13-4-6-14(7-5-13)12-15(16(17)18)8-11-20-10-3-9-19-2/h4-7,15H,3,8-12H2,1-2H3,(H,17,18). The number of carbonyl (C=O) groups is 1. The van der Waals surface area contributed by atoms with Gasteiger partial charge in [-0.05, 0) is 31.7 Å². The van der Waals surface area contributed by atoms with E-state index in [-0.39, 0.29) is 5.92 Å². The average molecular weight is 280 g/mol. The fourth-order valence-electron chi connectivity index (χ4n) is 1.95. The van der Waals surface area contributed by atoms with E-state index in [1.165, 1.54) is 5.56 Å². The van der Waals surface area contributed by atoms with Gasteiger partial charge in [-0.2, -0.15) is 0 Å². The highest BCUT2D eigenvalue weighted by Gasteiger charge is 2.17. The predicted octanol–water partition coefficient (Wildman–Crippen LogP) is 2.68. The molecule has 0 amide bonds. The zero-order valence-electron chi connectivity index (χ0n) is 12.3. The minimum Gasteiger partial charge on any atom is -0.481 e. The summed E-state index contributed by atoms with van der Waals surface area (Å²) in [4.78, 5) is 11.3. The monoisotopic (exact) mass is 280 g/mol. The first-order chi connectivity index (χ1) is 9.63. The molecule has 0 aromatic heterocycles. The molecule has 0 bridgehead atoms. The minimum atomic E-state index is -0.758. The van der Waals surface area contributed by atoms with Gasteiger partial charge in [0.1, 0.15) is 0 Å². The zero-order valence-corrected chi connectivity index (χ0v) is 12.3. The van der Waals surface area contributed by atoms with E-state index >= 15 is 0 Å². The largest absolute Gasteiger partial charge is 0.481 e. The van der Waals surface area contributed by atoms with Gasteiger partial charge in [0.05, 0.1) is 5.92 Å². The normalized spacial score (nSPS) is 12.3. The third-order valence-corrected chi connectivity index (χ3v) is 3.20. The van der Waals surface area contributed by atoms with Crippen LogP contribution in [0.25, 0.3) is 0 Å². The molecule has 0 saturated heterocycles. The highest BCUT2D eigenvalue weighted by molar-refractivity contribution is 5.70. The number of ether oxygens (including phenoxy) is 2. The number of carboxylic acids is 1. The van der Waals surface area contributed by atoms with Gasteiger partial charge in [0.2, 0.25) is 0 Å². The van der Waals surface area contributed by atoms with Crippen molar-refractivity contribution in [3.8, 4) is 0 Å². The zero-order chi connectivity index (χ0) is 14.8. The molecule has 4 nitrogen and oxygen atoms in total. The molecule has 0 aliphatic carbocycles. The van der Waals surface area contributed by atoms with Crippen LogP contribution in [-0.2, 0) is 20.7 Å². The van der Waals surface area contributed by atoms with Crippen LogP contribution in [0.3, 0.4) is 0 Å². The summed E-state index contributed by atoms with van der Waals surface area (Å²) in [7, 11) is 1.65. The number of hydrogen-bond acceptors (Lipinski definition) is 3. The Bertz CT molecular complexity index is 386. The molecule has 1 aromatic rings. The molecule has 0 saturated carbocycles. The summed E-state index contributed by atoms with van der Waals surface area (Å²) in [6, 6.07) is 8.00. The molecule has 20 heavy (non-hydrogen) atoms. The second-order valence-corrected chi connectivity index (χ2v) is 4.97. The Hall–Kier alpha value is -1.39. The molecule has 112 valence electrons. The van der Waals surface area contributed by atoms with Gasteiger partial charge in [0.25, 0.3) is 0 Å². The number of aryl methyl sites for hydroxylation is 1. The summed E-state index contributed by atoms with van der Waals surface area (Å²) in [5.41, 5.74) is 2.24. The van der Waals surface area contributed by atoms with Crippen LogP contribution < -0.4 is 0 Å². The van der Waals surface area contributed by atoms with Crippen molar-refractivity contribution >= 4 is 5.97 Å². The molecule has 1 N–H and O–H groups in total. The highest BCUT2D eigenvalue weighted by Crippen LogP contribution is 2.14. The van der Waals surface area contributed by atoms with E-state index < -0.39 is 5.97 Å². The topological polar surface area (TPSA) is 55.8 Å². The molecule has 1 unspecified atom stereocenters. The van der Waals surface area contributed by atoms with E-state index in [0.29, 0.717) is 32.7 Å². The van der Waals surface area contributed by atoms with Gasteiger partial charge in [-0.15, -0.1) is 0 Å². The first-order valence-electron chi connectivity index (χ1n) is 6.98. The Morgan fingerprint density at radius 3 is 2.50 bits per heavy atom. The number of hydrogen-bond donors (Lipinski definition) is 1. The van der Waals surface area contributed by atoms with Gasteiger partial charge in [-0.25, -0.2) is 0 Å². The molecule has 1 rings (SSSR count). The van der Waals surface area contributed by atoms with E-state index in [2.05, 4.69) is 0 Å². The summed E-state index contributed by atoms with van der Waals surface area (Å²) >= 11 is 0. The third-order valence-electron chi connectivity index (χ3n) is 3.20. The van der Waals surface area contributed by atoms with Crippen molar-refractivity contribution in [1.29, 1.82) is 0 Å². The van der Waals surface area contributed by atoms with E-state index in [4.69, 9.17) is 9.47 Å². The molecule has 1 atom stereocenters. The number of benzene rings is 1. The smallest absolute Gasteiger partial charge is 0.306 e. The van der Waals surface area contributed by atoms with Crippen molar-refractivity contribution in [2.24, 2.45) is 5.92 Å². The molecule has 0 radical (unpaired) electrons. The number of rotatable bonds is 10. The van der Waals surface area contributed by atoms with Gasteiger partial charge >= 0.3 is 5.97 Å². The molecule has 1 aromatic carbocycles. The quantitative estimate of drug-likeness (QED) is 0.669. The van der Waals surface area contributed by atoms with Gasteiger partial charge in [0, 0.05) is 26.9 Å². The van der Waals surface area contributed by atoms with Crippen LogP contribution in [0.2, 0.25) is 0 Å². The predicted molar refractivity (Wildman–Crippen MR) is 77.9 cm³/mol. The van der Waals surface area contributed by atoms with Crippen molar-refractivity contribution in [3.05, 3.63) is 35.4 Å². The highest BCUT2D eigenvalue weighted by atomic mass is 16.5. The van der Waals surface area contributed by atoms with Gasteiger partial charge in [0.15, 0.2) is 0 Å². The van der Waals surface area contributed by atoms with Crippen LogP contribution in [-0.4, -0.2) is 38.0 Å². The Morgan fingerprint density at radius 2 is 1.90 bits per heavy atom. The Kier molecular flexibility index (Phi) is 7.92. The van der Waals surface area contributed by atoms with Gasteiger partial charge in [-0.3, -0.25) is 4.79 Å². The number of carboxylic acid groups (broad SMARTS) is 1. The summed E-state index contributed by atoms with van der Waals surface area (Å²) in [5, 5.41) is 9.25. The molecule has 0 spiro atoms. The van der Waals surface area contributed by atoms with Crippen LogP contribution >= 0.6 is 0 Å². The van der Waals surface area contributed by atoms with Crippen LogP contribution in [0.1, 0.15) is 24.0 Å². The van der Waals surface area contributed by atoms with E-state index in [1.54, 1.807) is 7.11 Å². The maximum absolute atomic E-state index is 11.3. The maximum Gasteiger partial charge on any atom is 0.306 e. The van der Waals surface area contributed by atoms with Crippen LogP contribution in [0, 0.1) is 12.8 Å². The van der Waals surface area contributed by atoms with Gasteiger partial charge in [-0.1, -0.05) is 29.8 Å². The molecule has 0 fully saturated rings. The summed E-state index contributed by atoms with van der Waals surface area (Å²) in [6.07, 6.45) is 1.93. The first-order valence-corrected chi connectivity index (χ1v) is 6.98. The van der Waals surface area contributed by atoms with Crippen molar-refractivity contribution in [2.75, 3.05) is 26.9 Å². The van der Waals surface area contributed by atoms with Crippen LogP contribution in [0.4, 0.5) is 0 Å². The van der Waals surface area contributed by atoms with E-state index in [1.807, 2.05) is 31.2 Å². The fraction of sp³-hybridized carbons (Fsp3) is 0.562.